The number of carbonyl (C=O) groups excluding carboxylic acids is 1. The van der Waals surface area contributed by atoms with E-state index in [2.05, 4.69) is 5.32 Å². The van der Waals surface area contributed by atoms with Gasteiger partial charge in [0.1, 0.15) is 5.78 Å². The first-order valence-corrected chi connectivity index (χ1v) is 10.4. The van der Waals surface area contributed by atoms with Crippen molar-refractivity contribution in [1.29, 1.82) is 5.41 Å². The van der Waals surface area contributed by atoms with Crippen LogP contribution in [0.15, 0.2) is 48.5 Å². The molecule has 32 heavy (non-hydrogen) atoms. The maximum Gasteiger partial charge on any atom is 0.269 e. The standard InChI is InChI=1S/C22H25N5O5/c23-22(24-13-16-1-7-19(8-2-16)26(29)30)25(15-18-5-11-21(28)12-6-18)14-17-3-9-20(10-4-17)27(31)32/h1-4,7-10,18H,5-6,11-15H2,(H2,23,24). The Balaban J connectivity index is 1.66. The fourth-order valence-corrected chi connectivity index (χ4v) is 3.71. The highest BCUT2D eigenvalue weighted by molar-refractivity contribution is 5.79. The summed E-state index contributed by atoms with van der Waals surface area (Å²) in [5.41, 5.74) is 1.66. The topological polar surface area (TPSA) is 142 Å². The lowest BCUT2D eigenvalue weighted by Crippen LogP contribution is -2.43. The first-order chi connectivity index (χ1) is 15.3. The van der Waals surface area contributed by atoms with Crippen LogP contribution in [0.3, 0.4) is 0 Å². The van der Waals surface area contributed by atoms with Crippen LogP contribution in [0.2, 0.25) is 0 Å². The number of benzene rings is 2. The first-order valence-electron chi connectivity index (χ1n) is 10.4. The molecule has 1 fully saturated rings. The lowest BCUT2D eigenvalue weighted by molar-refractivity contribution is -0.385. The monoisotopic (exact) mass is 439 g/mol. The highest BCUT2D eigenvalue weighted by atomic mass is 16.6. The Kier molecular flexibility index (Phi) is 7.48. The minimum absolute atomic E-state index is 0.00969. The van der Waals surface area contributed by atoms with Crippen molar-refractivity contribution < 1.29 is 14.6 Å². The number of carbonyl (C=O) groups is 1. The van der Waals surface area contributed by atoms with Gasteiger partial charge in [0.05, 0.1) is 9.85 Å². The third kappa shape index (κ3) is 6.34. The molecule has 0 radical (unpaired) electrons. The van der Waals surface area contributed by atoms with Gasteiger partial charge in [-0.15, -0.1) is 0 Å². The molecule has 0 unspecified atom stereocenters. The Bertz CT molecular complexity index is 981. The number of hydrogen-bond acceptors (Lipinski definition) is 6. The second-order valence-electron chi connectivity index (χ2n) is 7.91. The third-order valence-electron chi connectivity index (χ3n) is 5.59. The Hall–Kier alpha value is -3.82. The van der Waals surface area contributed by atoms with Gasteiger partial charge in [-0.05, 0) is 29.9 Å². The maximum atomic E-state index is 11.6. The molecule has 1 aliphatic rings. The third-order valence-corrected chi connectivity index (χ3v) is 5.59. The van der Waals surface area contributed by atoms with E-state index in [1.807, 2.05) is 4.90 Å². The summed E-state index contributed by atoms with van der Waals surface area (Å²) in [4.78, 5) is 34.2. The number of nitrogens with one attached hydrogen (secondary N) is 2. The minimum Gasteiger partial charge on any atom is -0.352 e. The van der Waals surface area contributed by atoms with Crippen LogP contribution in [0.1, 0.15) is 36.8 Å². The fraction of sp³-hybridized carbons (Fsp3) is 0.364. The van der Waals surface area contributed by atoms with Gasteiger partial charge in [-0.2, -0.15) is 0 Å². The van der Waals surface area contributed by atoms with E-state index < -0.39 is 9.85 Å². The number of nitro groups is 2. The molecule has 0 aromatic heterocycles. The molecule has 10 heteroatoms. The Morgan fingerprint density at radius 3 is 1.94 bits per heavy atom. The van der Waals surface area contributed by atoms with Crippen molar-refractivity contribution in [2.75, 3.05) is 6.54 Å². The number of non-ortho nitro benzene ring substituents is 2. The van der Waals surface area contributed by atoms with Crippen LogP contribution in [-0.4, -0.2) is 33.0 Å². The van der Waals surface area contributed by atoms with Gasteiger partial charge < -0.3 is 10.2 Å². The zero-order valence-electron chi connectivity index (χ0n) is 17.5. The number of Topliss-reactive ketones (excluding diaryl/α,β-unsaturated/α-hetero) is 1. The lowest BCUT2D eigenvalue weighted by atomic mass is 9.88. The van der Waals surface area contributed by atoms with Crippen LogP contribution in [0.4, 0.5) is 11.4 Å². The molecule has 2 N–H and O–H groups in total. The number of ketones is 1. The van der Waals surface area contributed by atoms with Crippen molar-refractivity contribution in [3.63, 3.8) is 0 Å². The van der Waals surface area contributed by atoms with E-state index in [0.29, 0.717) is 32.5 Å². The van der Waals surface area contributed by atoms with Gasteiger partial charge in [-0.1, -0.05) is 24.3 Å². The number of guanidine groups is 1. The molecule has 0 aliphatic heterocycles. The summed E-state index contributed by atoms with van der Waals surface area (Å²) in [6, 6.07) is 12.4. The molecular formula is C22H25N5O5. The molecule has 0 heterocycles. The molecule has 1 aliphatic carbocycles. The Morgan fingerprint density at radius 2 is 1.44 bits per heavy atom. The van der Waals surface area contributed by atoms with Crippen molar-refractivity contribution in [2.45, 2.75) is 38.8 Å². The summed E-state index contributed by atoms with van der Waals surface area (Å²) in [5.74, 6) is 0.750. The molecule has 1 saturated carbocycles. The molecule has 3 rings (SSSR count). The summed E-state index contributed by atoms with van der Waals surface area (Å²) >= 11 is 0. The van der Waals surface area contributed by atoms with Crippen LogP contribution in [-0.2, 0) is 17.9 Å². The number of rotatable bonds is 8. The number of nitrogens with zero attached hydrogens (tertiary/aromatic N) is 3. The fourth-order valence-electron chi connectivity index (χ4n) is 3.71. The predicted molar refractivity (Wildman–Crippen MR) is 118 cm³/mol. The second kappa shape index (κ2) is 10.5. The SMILES string of the molecule is N=C(NCc1ccc([N+](=O)[O-])cc1)N(Cc1ccc([N+](=O)[O-])cc1)CC1CCC(=O)CC1. The van der Waals surface area contributed by atoms with E-state index in [1.165, 1.54) is 24.3 Å². The zero-order chi connectivity index (χ0) is 23.1. The van der Waals surface area contributed by atoms with E-state index in [4.69, 9.17) is 5.41 Å². The van der Waals surface area contributed by atoms with E-state index >= 15 is 0 Å². The number of nitro benzene ring substituents is 2. The van der Waals surface area contributed by atoms with E-state index in [1.54, 1.807) is 24.3 Å². The van der Waals surface area contributed by atoms with Crippen LogP contribution in [0, 0.1) is 31.6 Å². The van der Waals surface area contributed by atoms with Crippen LogP contribution >= 0.6 is 0 Å². The van der Waals surface area contributed by atoms with Crippen molar-refractivity contribution in [3.8, 4) is 0 Å². The lowest BCUT2D eigenvalue weighted by Gasteiger charge is -2.31. The molecule has 168 valence electrons. The average Bonchev–Trinajstić information content (AvgIpc) is 2.79. The summed E-state index contributed by atoms with van der Waals surface area (Å²) in [6.07, 6.45) is 2.68. The van der Waals surface area contributed by atoms with E-state index in [0.717, 1.165) is 24.0 Å². The van der Waals surface area contributed by atoms with Gasteiger partial charge in [0.2, 0.25) is 0 Å². The summed E-state index contributed by atoms with van der Waals surface area (Å²) in [6.45, 7) is 1.32. The van der Waals surface area contributed by atoms with Crippen LogP contribution < -0.4 is 5.32 Å². The van der Waals surface area contributed by atoms with Crippen molar-refractivity contribution in [3.05, 3.63) is 79.9 Å². The zero-order valence-corrected chi connectivity index (χ0v) is 17.5. The smallest absolute Gasteiger partial charge is 0.269 e. The van der Waals surface area contributed by atoms with Crippen molar-refractivity contribution >= 4 is 23.1 Å². The van der Waals surface area contributed by atoms with Crippen LogP contribution in [0.25, 0.3) is 0 Å². The maximum absolute atomic E-state index is 11.6. The summed E-state index contributed by atoms with van der Waals surface area (Å²) in [5, 5.41) is 33.3. The van der Waals surface area contributed by atoms with Gasteiger partial charge in [-0.25, -0.2) is 0 Å². The molecular weight excluding hydrogens is 414 g/mol. The highest BCUT2D eigenvalue weighted by Gasteiger charge is 2.23. The predicted octanol–water partition coefficient (Wildman–Crippen LogP) is 3.79. The molecule has 0 bridgehead atoms. The Morgan fingerprint density at radius 1 is 0.938 bits per heavy atom. The molecule has 2 aromatic carbocycles. The second-order valence-corrected chi connectivity index (χ2v) is 7.91. The van der Waals surface area contributed by atoms with Gasteiger partial charge in [0.15, 0.2) is 5.96 Å². The molecule has 2 aromatic rings. The highest BCUT2D eigenvalue weighted by Crippen LogP contribution is 2.23. The summed E-state index contributed by atoms with van der Waals surface area (Å²) in [7, 11) is 0. The summed E-state index contributed by atoms with van der Waals surface area (Å²) < 4.78 is 0. The van der Waals surface area contributed by atoms with E-state index in [-0.39, 0.29) is 29.0 Å². The van der Waals surface area contributed by atoms with Gasteiger partial charge in [0.25, 0.3) is 11.4 Å². The molecule has 10 nitrogen and oxygen atoms in total. The van der Waals surface area contributed by atoms with Crippen molar-refractivity contribution in [1.82, 2.24) is 10.2 Å². The normalized spacial score (nSPS) is 14.1. The first kappa shape index (κ1) is 22.9. The number of hydrogen-bond donors (Lipinski definition) is 2. The van der Waals surface area contributed by atoms with Gasteiger partial charge >= 0.3 is 0 Å². The molecule has 0 saturated heterocycles. The molecule has 0 spiro atoms. The Labute approximate surface area is 185 Å². The molecule has 0 amide bonds. The van der Waals surface area contributed by atoms with Gasteiger partial charge in [-0.3, -0.25) is 30.4 Å². The van der Waals surface area contributed by atoms with Crippen molar-refractivity contribution in [2.24, 2.45) is 5.92 Å². The molecule has 0 atom stereocenters. The van der Waals surface area contributed by atoms with E-state index in [9.17, 15) is 25.0 Å². The quantitative estimate of drug-likeness (QED) is 0.276. The average molecular weight is 439 g/mol. The minimum atomic E-state index is -0.458. The largest absolute Gasteiger partial charge is 0.352 e. The van der Waals surface area contributed by atoms with Crippen LogP contribution in [0.5, 0.6) is 0 Å². The van der Waals surface area contributed by atoms with Gasteiger partial charge in [0, 0.05) is 56.7 Å².